The minimum atomic E-state index is -1.24. The van der Waals surface area contributed by atoms with Crippen LogP contribution in [-0.2, 0) is 0 Å². The van der Waals surface area contributed by atoms with E-state index in [-0.39, 0.29) is 0 Å². The van der Waals surface area contributed by atoms with Crippen LogP contribution in [0.3, 0.4) is 0 Å². The molecule has 0 aromatic rings. The van der Waals surface area contributed by atoms with Crippen molar-refractivity contribution < 1.29 is 0 Å². The Morgan fingerprint density at radius 1 is 0.632 bits per heavy atom. The van der Waals surface area contributed by atoms with Crippen LogP contribution in [0.1, 0.15) is 6.42 Å². The second-order valence-corrected chi connectivity index (χ2v) is 24.2. The second kappa shape index (κ2) is 5.34. The first kappa shape index (κ1) is 16.9. The lowest BCUT2D eigenvalue weighted by atomic mass is 10.4. The predicted molar refractivity (Wildman–Crippen MR) is 98.9 cm³/mol. The average Bonchev–Trinajstić information content (AvgIpc) is 2.35. The van der Waals surface area contributed by atoms with E-state index < -0.39 is 24.2 Å². The molecule has 0 spiro atoms. The molecule has 0 saturated heterocycles. The quantitative estimate of drug-likeness (QED) is 0.578. The zero-order valence-corrected chi connectivity index (χ0v) is 17.4. The van der Waals surface area contributed by atoms with E-state index in [4.69, 9.17) is 0 Å². The summed E-state index contributed by atoms with van der Waals surface area (Å²) in [7, 11) is -3.63. The molecule has 3 heteroatoms. The van der Waals surface area contributed by atoms with E-state index in [9.17, 15) is 0 Å². The van der Waals surface area contributed by atoms with Crippen LogP contribution in [0.15, 0.2) is 33.8 Å². The number of rotatable bonds is 3. The zero-order valence-electron chi connectivity index (χ0n) is 14.4. The highest BCUT2D eigenvalue weighted by Gasteiger charge is 2.27. The first-order chi connectivity index (χ1) is 8.32. The molecule has 19 heavy (non-hydrogen) atoms. The summed E-state index contributed by atoms with van der Waals surface area (Å²) < 4.78 is 0. The SMILES string of the molecule is C[Si](C)(C)C1=CCC([Si](C)(C)C)=CC([Si](C)(C)C)=C1. The third-order valence-corrected chi connectivity index (χ3v) is 10.3. The van der Waals surface area contributed by atoms with E-state index >= 15 is 0 Å². The Morgan fingerprint density at radius 3 is 1.47 bits per heavy atom. The van der Waals surface area contributed by atoms with Gasteiger partial charge in [-0.2, -0.15) is 0 Å². The number of allylic oxidation sites excluding steroid dienone is 6. The van der Waals surface area contributed by atoms with Gasteiger partial charge in [0.1, 0.15) is 0 Å². The van der Waals surface area contributed by atoms with Crippen molar-refractivity contribution in [1.82, 2.24) is 0 Å². The molecule has 0 atom stereocenters. The van der Waals surface area contributed by atoms with Crippen LogP contribution < -0.4 is 0 Å². The summed E-state index contributed by atoms with van der Waals surface area (Å²) in [6, 6.07) is 0. The Bertz CT molecular complexity index is 432. The normalized spacial score (nSPS) is 18.5. The molecule has 0 amide bonds. The highest BCUT2D eigenvalue weighted by atomic mass is 28.3. The Hall–Kier alpha value is -0.129. The minimum absolute atomic E-state index is 1.18. The Kier molecular flexibility index (Phi) is 4.75. The summed E-state index contributed by atoms with van der Waals surface area (Å²) >= 11 is 0. The third-order valence-electron chi connectivity index (χ3n) is 3.88. The van der Waals surface area contributed by atoms with E-state index in [1.807, 2.05) is 0 Å². The molecule has 108 valence electrons. The second-order valence-electron chi connectivity index (χ2n) is 8.88. The molecule has 0 aliphatic heterocycles. The lowest BCUT2D eigenvalue weighted by molar-refractivity contribution is 1.30. The van der Waals surface area contributed by atoms with Gasteiger partial charge in [-0.05, 0) is 6.42 Å². The lowest BCUT2D eigenvalue weighted by Gasteiger charge is -2.24. The molecule has 0 fully saturated rings. The fourth-order valence-electron chi connectivity index (χ4n) is 2.21. The van der Waals surface area contributed by atoms with Crippen molar-refractivity contribution in [3.8, 4) is 0 Å². The zero-order chi connectivity index (χ0) is 15.1. The topological polar surface area (TPSA) is 0 Å². The maximum atomic E-state index is 2.59. The molecule has 0 unspecified atom stereocenters. The van der Waals surface area contributed by atoms with Crippen LogP contribution >= 0.6 is 0 Å². The molecule has 0 heterocycles. The molecular weight excluding hydrogens is 276 g/mol. The summed E-state index contributed by atoms with van der Waals surface area (Å²) in [4.78, 5) is 0. The van der Waals surface area contributed by atoms with Gasteiger partial charge in [0.25, 0.3) is 0 Å². The number of hydrogen-bond donors (Lipinski definition) is 0. The highest BCUT2D eigenvalue weighted by Crippen LogP contribution is 2.31. The van der Waals surface area contributed by atoms with Crippen LogP contribution in [0, 0.1) is 0 Å². The van der Waals surface area contributed by atoms with Crippen molar-refractivity contribution >= 4 is 24.2 Å². The molecule has 1 aliphatic rings. The summed E-state index contributed by atoms with van der Waals surface area (Å²) in [6.45, 7) is 22.3. The first-order valence-corrected chi connectivity index (χ1v) is 18.0. The van der Waals surface area contributed by atoms with Gasteiger partial charge in [-0.15, -0.1) is 0 Å². The van der Waals surface area contributed by atoms with Crippen LogP contribution in [0.2, 0.25) is 58.9 Å². The smallest absolute Gasteiger partial charge is 0.0775 e. The van der Waals surface area contributed by atoms with Gasteiger partial charge < -0.3 is 0 Å². The Morgan fingerprint density at radius 2 is 1.11 bits per heavy atom. The fourth-order valence-corrected chi connectivity index (χ4v) is 6.30. The standard InChI is InChI=1S/C16H32Si3/c1-17(2,3)14-10-11-15(18(4,5)6)13-16(12-14)19(7,8)9/h10,12-13H,11H2,1-9H3. The summed E-state index contributed by atoms with van der Waals surface area (Å²) in [5.41, 5.74) is 0. The predicted octanol–water partition coefficient (Wildman–Crippen LogP) is 5.80. The van der Waals surface area contributed by atoms with Crippen molar-refractivity contribution in [2.75, 3.05) is 0 Å². The van der Waals surface area contributed by atoms with Gasteiger partial charge in [-0.3, -0.25) is 0 Å². The van der Waals surface area contributed by atoms with Gasteiger partial charge in [0.15, 0.2) is 0 Å². The van der Waals surface area contributed by atoms with Crippen LogP contribution in [0.4, 0.5) is 0 Å². The molecule has 0 aromatic carbocycles. The molecule has 0 saturated carbocycles. The van der Waals surface area contributed by atoms with Gasteiger partial charge in [0.2, 0.25) is 0 Å². The molecule has 1 aliphatic carbocycles. The van der Waals surface area contributed by atoms with Gasteiger partial charge in [0.05, 0.1) is 24.2 Å². The molecule has 0 N–H and O–H groups in total. The summed E-state index contributed by atoms with van der Waals surface area (Å²) in [6.07, 6.45) is 8.89. The van der Waals surface area contributed by atoms with Gasteiger partial charge in [0, 0.05) is 0 Å². The largest absolute Gasteiger partial charge is 0.0816 e. The average molecular weight is 309 g/mol. The van der Waals surface area contributed by atoms with Gasteiger partial charge in [-0.1, -0.05) is 92.7 Å². The maximum Gasteiger partial charge on any atom is 0.0775 e. The highest BCUT2D eigenvalue weighted by molar-refractivity contribution is 6.87. The molecular formula is C16H32Si3. The molecule has 0 aromatic heterocycles. The molecule has 0 nitrogen and oxygen atoms in total. The maximum absolute atomic E-state index is 2.59. The monoisotopic (exact) mass is 308 g/mol. The Labute approximate surface area is 123 Å². The van der Waals surface area contributed by atoms with Gasteiger partial charge >= 0.3 is 0 Å². The van der Waals surface area contributed by atoms with Crippen LogP contribution in [0.5, 0.6) is 0 Å². The van der Waals surface area contributed by atoms with Gasteiger partial charge in [-0.25, -0.2) is 0 Å². The van der Waals surface area contributed by atoms with Crippen molar-refractivity contribution in [2.45, 2.75) is 65.3 Å². The Balaban J connectivity index is 3.34. The third kappa shape index (κ3) is 4.72. The van der Waals surface area contributed by atoms with E-state index in [0.717, 1.165) is 0 Å². The van der Waals surface area contributed by atoms with Crippen molar-refractivity contribution in [3.63, 3.8) is 0 Å². The molecule has 0 bridgehead atoms. The van der Waals surface area contributed by atoms with E-state index in [1.54, 1.807) is 15.6 Å². The first-order valence-electron chi connectivity index (χ1n) is 7.46. The minimum Gasteiger partial charge on any atom is -0.0816 e. The van der Waals surface area contributed by atoms with E-state index in [2.05, 4.69) is 77.2 Å². The van der Waals surface area contributed by atoms with Crippen LogP contribution in [-0.4, -0.2) is 24.2 Å². The van der Waals surface area contributed by atoms with E-state index in [1.165, 1.54) is 6.42 Å². The van der Waals surface area contributed by atoms with Crippen molar-refractivity contribution in [1.29, 1.82) is 0 Å². The van der Waals surface area contributed by atoms with Crippen molar-refractivity contribution in [3.05, 3.63) is 33.8 Å². The fraction of sp³-hybridized carbons (Fsp3) is 0.625. The molecule has 0 radical (unpaired) electrons. The summed E-state index contributed by atoms with van der Waals surface area (Å²) in [5.74, 6) is 0. The summed E-state index contributed by atoms with van der Waals surface area (Å²) in [5, 5.41) is 5.06. The van der Waals surface area contributed by atoms with Crippen LogP contribution in [0.25, 0.3) is 0 Å². The molecule has 1 rings (SSSR count). The number of hydrogen-bond acceptors (Lipinski definition) is 0. The van der Waals surface area contributed by atoms with Crippen molar-refractivity contribution in [2.24, 2.45) is 0 Å². The lowest BCUT2D eigenvalue weighted by Crippen LogP contribution is -2.28. The van der Waals surface area contributed by atoms with E-state index in [0.29, 0.717) is 0 Å².